The standard InChI is InChI=1S/C11H10BrN5O2/c12-7-3-1-6(2-4-7)10(18)16-9-8(5-14-17-13)15-11(9)19/h1-4,8-9H,5H2,(H,15,19)(H,16,18). The molecule has 0 spiro atoms. The molecule has 8 heteroatoms. The highest BCUT2D eigenvalue weighted by Gasteiger charge is 2.39. The van der Waals surface area contributed by atoms with Gasteiger partial charge in [-0.25, -0.2) is 0 Å². The molecular formula is C11H10BrN5O2. The molecule has 0 aliphatic carbocycles. The van der Waals surface area contributed by atoms with Crippen LogP contribution in [-0.4, -0.2) is 30.4 Å². The number of hydrogen-bond acceptors (Lipinski definition) is 3. The van der Waals surface area contributed by atoms with E-state index in [-0.39, 0.29) is 24.4 Å². The summed E-state index contributed by atoms with van der Waals surface area (Å²) >= 11 is 3.28. The van der Waals surface area contributed by atoms with Crippen LogP contribution in [0, 0.1) is 0 Å². The molecule has 0 aromatic heterocycles. The Hall–Kier alpha value is -2.05. The van der Waals surface area contributed by atoms with Crippen molar-refractivity contribution >= 4 is 27.7 Å². The number of benzene rings is 1. The summed E-state index contributed by atoms with van der Waals surface area (Å²) in [5.74, 6) is -0.609. The lowest BCUT2D eigenvalue weighted by Crippen LogP contribution is -2.70. The van der Waals surface area contributed by atoms with Gasteiger partial charge in [0.15, 0.2) is 0 Å². The topological polar surface area (TPSA) is 107 Å². The van der Waals surface area contributed by atoms with Crippen LogP contribution in [0.25, 0.3) is 10.4 Å². The minimum absolute atomic E-state index is 0.119. The van der Waals surface area contributed by atoms with Gasteiger partial charge in [-0.2, -0.15) is 0 Å². The van der Waals surface area contributed by atoms with Crippen molar-refractivity contribution in [3.8, 4) is 0 Å². The molecule has 7 nitrogen and oxygen atoms in total. The third-order valence-corrected chi connectivity index (χ3v) is 3.28. The van der Waals surface area contributed by atoms with E-state index in [1.54, 1.807) is 24.3 Å². The normalized spacial score (nSPS) is 20.8. The van der Waals surface area contributed by atoms with Crippen molar-refractivity contribution < 1.29 is 9.59 Å². The van der Waals surface area contributed by atoms with Gasteiger partial charge in [0.05, 0.1) is 6.04 Å². The third kappa shape index (κ3) is 3.04. The quantitative estimate of drug-likeness (QED) is 0.377. The van der Waals surface area contributed by atoms with Gasteiger partial charge in [-0.1, -0.05) is 21.0 Å². The molecule has 1 heterocycles. The molecule has 1 fully saturated rings. The maximum absolute atomic E-state index is 11.9. The Balaban J connectivity index is 1.99. The average Bonchev–Trinajstić information content (AvgIpc) is 2.41. The molecule has 19 heavy (non-hydrogen) atoms. The molecule has 98 valence electrons. The van der Waals surface area contributed by atoms with Crippen LogP contribution in [0.2, 0.25) is 0 Å². The lowest BCUT2D eigenvalue weighted by atomic mass is 9.98. The van der Waals surface area contributed by atoms with Gasteiger partial charge in [-0.05, 0) is 29.8 Å². The van der Waals surface area contributed by atoms with E-state index in [1.165, 1.54) is 0 Å². The van der Waals surface area contributed by atoms with E-state index in [0.29, 0.717) is 5.56 Å². The number of azide groups is 1. The van der Waals surface area contributed by atoms with Crippen molar-refractivity contribution in [2.75, 3.05) is 6.54 Å². The van der Waals surface area contributed by atoms with E-state index in [1.807, 2.05) is 0 Å². The Morgan fingerprint density at radius 2 is 2.16 bits per heavy atom. The van der Waals surface area contributed by atoms with Crippen LogP contribution < -0.4 is 10.6 Å². The van der Waals surface area contributed by atoms with Gasteiger partial charge in [0.2, 0.25) is 5.91 Å². The Bertz CT molecular complexity index is 553. The van der Waals surface area contributed by atoms with Gasteiger partial charge >= 0.3 is 0 Å². The van der Waals surface area contributed by atoms with Crippen LogP contribution in [0.3, 0.4) is 0 Å². The number of nitrogens with one attached hydrogen (secondary N) is 2. The largest absolute Gasteiger partial charge is 0.349 e. The SMILES string of the molecule is [N-]=[N+]=NCC1NC(=O)C1NC(=O)c1ccc(Br)cc1. The zero-order valence-electron chi connectivity index (χ0n) is 9.71. The summed E-state index contributed by atoms with van der Waals surface area (Å²) < 4.78 is 0.867. The zero-order valence-corrected chi connectivity index (χ0v) is 11.3. The molecule has 2 unspecified atom stereocenters. The highest BCUT2D eigenvalue weighted by Crippen LogP contribution is 2.12. The molecule has 1 aromatic carbocycles. The molecule has 1 aromatic rings. The fraction of sp³-hybridized carbons (Fsp3) is 0.273. The van der Waals surface area contributed by atoms with E-state index < -0.39 is 6.04 Å². The minimum atomic E-state index is -0.651. The first-order valence-corrected chi connectivity index (χ1v) is 6.29. The number of carbonyl (C=O) groups is 2. The van der Waals surface area contributed by atoms with Gasteiger partial charge in [0.1, 0.15) is 6.04 Å². The molecule has 0 radical (unpaired) electrons. The molecule has 2 rings (SSSR count). The molecular weight excluding hydrogens is 314 g/mol. The minimum Gasteiger partial charge on any atom is -0.349 e. The molecule has 1 aliphatic rings. The Labute approximate surface area is 117 Å². The Morgan fingerprint density at radius 3 is 2.74 bits per heavy atom. The average molecular weight is 324 g/mol. The van der Waals surface area contributed by atoms with Gasteiger partial charge in [0, 0.05) is 21.5 Å². The monoisotopic (exact) mass is 323 g/mol. The first-order valence-electron chi connectivity index (χ1n) is 5.49. The lowest BCUT2D eigenvalue weighted by molar-refractivity contribution is -0.131. The van der Waals surface area contributed by atoms with Crippen LogP contribution in [0.5, 0.6) is 0 Å². The third-order valence-electron chi connectivity index (χ3n) is 2.75. The first-order chi connectivity index (χ1) is 9.11. The van der Waals surface area contributed by atoms with Crippen molar-refractivity contribution in [2.24, 2.45) is 5.11 Å². The van der Waals surface area contributed by atoms with Gasteiger partial charge < -0.3 is 10.6 Å². The second-order valence-electron chi connectivity index (χ2n) is 3.99. The van der Waals surface area contributed by atoms with Crippen LogP contribution in [-0.2, 0) is 4.79 Å². The van der Waals surface area contributed by atoms with E-state index in [9.17, 15) is 9.59 Å². The Morgan fingerprint density at radius 1 is 1.47 bits per heavy atom. The lowest BCUT2D eigenvalue weighted by Gasteiger charge is -2.36. The molecule has 0 saturated carbocycles. The van der Waals surface area contributed by atoms with Crippen molar-refractivity contribution in [2.45, 2.75) is 12.1 Å². The van der Waals surface area contributed by atoms with Crippen LogP contribution in [0.1, 0.15) is 10.4 Å². The van der Waals surface area contributed by atoms with E-state index in [4.69, 9.17) is 5.53 Å². The van der Waals surface area contributed by atoms with E-state index in [0.717, 1.165) is 4.47 Å². The molecule has 2 atom stereocenters. The zero-order chi connectivity index (χ0) is 13.8. The number of halogens is 1. The molecule has 2 amide bonds. The summed E-state index contributed by atoms with van der Waals surface area (Å²) in [6.45, 7) is 0.119. The first kappa shape index (κ1) is 13.4. The molecule has 2 N–H and O–H groups in total. The second-order valence-corrected chi connectivity index (χ2v) is 4.90. The molecule has 1 aliphatic heterocycles. The maximum atomic E-state index is 11.9. The molecule has 1 saturated heterocycles. The maximum Gasteiger partial charge on any atom is 0.251 e. The fourth-order valence-corrected chi connectivity index (χ4v) is 1.97. The van der Waals surface area contributed by atoms with E-state index >= 15 is 0 Å². The van der Waals surface area contributed by atoms with Crippen molar-refractivity contribution in [1.82, 2.24) is 10.6 Å². The Kier molecular flexibility index (Phi) is 4.03. The van der Waals surface area contributed by atoms with E-state index in [2.05, 4.69) is 36.6 Å². The second kappa shape index (κ2) is 5.73. The van der Waals surface area contributed by atoms with Crippen LogP contribution in [0.15, 0.2) is 33.9 Å². The van der Waals surface area contributed by atoms with Gasteiger partial charge in [-0.15, -0.1) is 0 Å². The van der Waals surface area contributed by atoms with Crippen molar-refractivity contribution in [3.63, 3.8) is 0 Å². The number of amides is 2. The summed E-state index contributed by atoms with van der Waals surface area (Å²) in [5, 5.41) is 8.56. The van der Waals surface area contributed by atoms with Gasteiger partial charge in [0.25, 0.3) is 5.91 Å². The number of β-lactam (4-membered cyclic amide) rings is 1. The smallest absolute Gasteiger partial charge is 0.251 e. The summed E-state index contributed by atoms with van der Waals surface area (Å²) in [4.78, 5) is 25.9. The fourth-order valence-electron chi connectivity index (χ4n) is 1.71. The molecule has 0 bridgehead atoms. The number of rotatable bonds is 4. The number of nitrogens with zero attached hydrogens (tertiary/aromatic N) is 3. The van der Waals surface area contributed by atoms with Crippen molar-refractivity contribution in [1.29, 1.82) is 0 Å². The summed E-state index contributed by atoms with van der Waals surface area (Å²) in [6, 6.07) is 5.79. The summed E-state index contributed by atoms with van der Waals surface area (Å²) in [5.41, 5.74) is 8.69. The predicted octanol–water partition coefficient (Wildman–Crippen LogP) is 1.36. The number of carbonyl (C=O) groups excluding carboxylic acids is 2. The van der Waals surface area contributed by atoms with Crippen LogP contribution >= 0.6 is 15.9 Å². The van der Waals surface area contributed by atoms with Crippen LogP contribution in [0.4, 0.5) is 0 Å². The van der Waals surface area contributed by atoms with Gasteiger partial charge in [-0.3, -0.25) is 9.59 Å². The highest BCUT2D eigenvalue weighted by atomic mass is 79.9. The predicted molar refractivity (Wildman–Crippen MR) is 71.3 cm³/mol. The summed E-state index contributed by atoms with van der Waals surface area (Å²) in [6.07, 6.45) is 0. The highest BCUT2D eigenvalue weighted by molar-refractivity contribution is 9.10. The summed E-state index contributed by atoms with van der Waals surface area (Å²) in [7, 11) is 0. The number of hydrogen-bond donors (Lipinski definition) is 2. The van der Waals surface area contributed by atoms with Crippen molar-refractivity contribution in [3.05, 3.63) is 44.7 Å².